The Morgan fingerprint density at radius 1 is 1.19 bits per heavy atom. The van der Waals surface area contributed by atoms with Gasteiger partial charge in [0.05, 0.1) is 20.1 Å². The zero-order chi connectivity index (χ0) is 15.4. The predicted octanol–water partition coefficient (Wildman–Crippen LogP) is -0.334. The topological polar surface area (TPSA) is 78.9 Å². The van der Waals surface area contributed by atoms with Crippen molar-refractivity contribution in [3.8, 4) is 5.75 Å². The SMILES string of the molecule is COC(=O)[C@H]1CN(Cc2ccc(OC)cc2)C[C@H]1C(=O)[O-]. The molecule has 0 amide bonds. The largest absolute Gasteiger partial charge is 0.550 e. The zero-order valence-corrected chi connectivity index (χ0v) is 12.1. The van der Waals surface area contributed by atoms with Crippen molar-refractivity contribution in [1.29, 1.82) is 0 Å². The van der Waals surface area contributed by atoms with Crippen LogP contribution in [0.25, 0.3) is 0 Å². The third-order valence-corrected chi connectivity index (χ3v) is 3.77. The third-order valence-electron chi connectivity index (χ3n) is 3.77. The Morgan fingerprint density at radius 2 is 1.81 bits per heavy atom. The molecule has 0 unspecified atom stereocenters. The first-order chi connectivity index (χ1) is 10.0. The highest BCUT2D eigenvalue weighted by Gasteiger charge is 2.38. The molecular formula is C15H18NO5-. The first-order valence-electron chi connectivity index (χ1n) is 6.69. The van der Waals surface area contributed by atoms with E-state index in [9.17, 15) is 14.7 Å². The van der Waals surface area contributed by atoms with Gasteiger partial charge < -0.3 is 19.4 Å². The summed E-state index contributed by atoms with van der Waals surface area (Å²) in [5.74, 6) is -2.43. The highest BCUT2D eigenvalue weighted by molar-refractivity contribution is 5.81. The van der Waals surface area contributed by atoms with Gasteiger partial charge in [-0.2, -0.15) is 0 Å². The van der Waals surface area contributed by atoms with Crippen LogP contribution >= 0.6 is 0 Å². The van der Waals surface area contributed by atoms with Gasteiger partial charge in [-0.05, 0) is 17.7 Å². The van der Waals surface area contributed by atoms with E-state index in [4.69, 9.17) is 4.74 Å². The van der Waals surface area contributed by atoms with Crippen LogP contribution in [0.2, 0.25) is 0 Å². The quantitative estimate of drug-likeness (QED) is 0.691. The molecular weight excluding hydrogens is 274 g/mol. The van der Waals surface area contributed by atoms with Crippen LogP contribution in [0.15, 0.2) is 24.3 Å². The molecule has 0 saturated carbocycles. The number of methoxy groups -OCH3 is 2. The number of benzene rings is 1. The molecule has 21 heavy (non-hydrogen) atoms. The summed E-state index contributed by atoms with van der Waals surface area (Å²) in [4.78, 5) is 24.7. The molecule has 1 aliphatic heterocycles. The van der Waals surface area contributed by atoms with Gasteiger partial charge in [-0.3, -0.25) is 9.69 Å². The Hall–Kier alpha value is -2.08. The van der Waals surface area contributed by atoms with Crippen molar-refractivity contribution in [3.63, 3.8) is 0 Å². The van der Waals surface area contributed by atoms with Crippen molar-refractivity contribution in [2.75, 3.05) is 27.3 Å². The van der Waals surface area contributed by atoms with Gasteiger partial charge in [0.25, 0.3) is 0 Å². The highest BCUT2D eigenvalue weighted by Crippen LogP contribution is 2.26. The lowest BCUT2D eigenvalue weighted by Crippen LogP contribution is -2.38. The van der Waals surface area contributed by atoms with Gasteiger partial charge in [-0.25, -0.2) is 0 Å². The first-order valence-corrected chi connectivity index (χ1v) is 6.69. The number of carbonyl (C=O) groups is 2. The molecule has 1 aliphatic rings. The fourth-order valence-electron chi connectivity index (χ4n) is 2.63. The number of esters is 1. The highest BCUT2D eigenvalue weighted by atomic mass is 16.5. The molecule has 6 heteroatoms. The maximum atomic E-state index is 11.7. The van der Waals surface area contributed by atoms with Crippen molar-refractivity contribution < 1.29 is 24.2 Å². The van der Waals surface area contributed by atoms with E-state index in [1.54, 1.807) is 7.11 Å². The van der Waals surface area contributed by atoms with E-state index in [-0.39, 0.29) is 6.54 Å². The smallest absolute Gasteiger partial charge is 0.310 e. The number of ether oxygens (including phenoxy) is 2. The van der Waals surface area contributed by atoms with E-state index in [1.165, 1.54) is 7.11 Å². The molecule has 2 rings (SSSR count). The van der Waals surface area contributed by atoms with Gasteiger partial charge >= 0.3 is 5.97 Å². The number of aliphatic carboxylic acids is 1. The molecule has 1 aromatic carbocycles. The van der Waals surface area contributed by atoms with Crippen LogP contribution in [-0.4, -0.2) is 44.1 Å². The van der Waals surface area contributed by atoms with Gasteiger partial charge in [0.1, 0.15) is 5.75 Å². The predicted molar refractivity (Wildman–Crippen MR) is 72.3 cm³/mol. The monoisotopic (exact) mass is 292 g/mol. The maximum absolute atomic E-state index is 11.7. The number of carbonyl (C=O) groups excluding carboxylic acids is 2. The number of hydrogen-bond acceptors (Lipinski definition) is 6. The molecule has 0 aliphatic carbocycles. The van der Waals surface area contributed by atoms with Gasteiger partial charge in [0, 0.05) is 31.5 Å². The van der Waals surface area contributed by atoms with Crippen LogP contribution in [0.5, 0.6) is 5.75 Å². The number of carboxylic acid groups (broad SMARTS) is 1. The van der Waals surface area contributed by atoms with E-state index in [0.29, 0.717) is 13.1 Å². The Balaban J connectivity index is 2.04. The minimum atomic E-state index is -1.21. The summed E-state index contributed by atoms with van der Waals surface area (Å²) in [5, 5.41) is 11.2. The molecule has 1 fully saturated rings. The molecule has 0 radical (unpaired) electrons. The lowest BCUT2D eigenvalue weighted by molar-refractivity contribution is -0.312. The zero-order valence-electron chi connectivity index (χ0n) is 12.1. The summed E-state index contributed by atoms with van der Waals surface area (Å²) in [6.07, 6.45) is 0. The van der Waals surface area contributed by atoms with E-state index >= 15 is 0 Å². The molecule has 0 bridgehead atoms. The Bertz CT molecular complexity index is 513. The van der Waals surface area contributed by atoms with E-state index in [1.807, 2.05) is 29.2 Å². The van der Waals surface area contributed by atoms with Crippen molar-refractivity contribution in [1.82, 2.24) is 4.90 Å². The maximum Gasteiger partial charge on any atom is 0.310 e. The van der Waals surface area contributed by atoms with Crippen molar-refractivity contribution in [3.05, 3.63) is 29.8 Å². The van der Waals surface area contributed by atoms with Gasteiger partial charge in [0.2, 0.25) is 0 Å². The Morgan fingerprint density at radius 3 is 2.33 bits per heavy atom. The van der Waals surface area contributed by atoms with Gasteiger partial charge in [0.15, 0.2) is 0 Å². The lowest BCUT2D eigenvalue weighted by Gasteiger charge is -2.16. The van der Waals surface area contributed by atoms with Crippen molar-refractivity contribution in [2.45, 2.75) is 6.54 Å². The minimum Gasteiger partial charge on any atom is -0.550 e. The summed E-state index contributed by atoms with van der Waals surface area (Å²) in [7, 11) is 2.86. The number of carboxylic acids is 1. The minimum absolute atomic E-state index is 0.286. The number of hydrogen-bond donors (Lipinski definition) is 0. The lowest BCUT2D eigenvalue weighted by atomic mass is 9.97. The third kappa shape index (κ3) is 3.52. The fraction of sp³-hybridized carbons (Fsp3) is 0.467. The summed E-state index contributed by atoms with van der Waals surface area (Å²) >= 11 is 0. The number of likely N-dealkylation sites (tertiary alicyclic amines) is 1. The molecule has 1 aromatic rings. The molecule has 1 heterocycles. The van der Waals surface area contributed by atoms with Crippen molar-refractivity contribution >= 4 is 11.9 Å². The Kier molecular flexibility index (Phi) is 4.80. The van der Waals surface area contributed by atoms with Crippen molar-refractivity contribution in [2.24, 2.45) is 11.8 Å². The van der Waals surface area contributed by atoms with E-state index in [0.717, 1.165) is 11.3 Å². The molecule has 114 valence electrons. The molecule has 0 spiro atoms. The molecule has 1 saturated heterocycles. The fourth-order valence-corrected chi connectivity index (χ4v) is 2.63. The summed E-state index contributed by atoms with van der Waals surface area (Å²) in [5.41, 5.74) is 1.03. The van der Waals surface area contributed by atoms with Crippen LogP contribution in [0, 0.1) is 11.8 Å². The first kappa shape index (κ1) is 15.3. The summed E-state index contributed by atoms with van der Waals surface area (Å²) in [6.45, 7) is 1.22. The standard InChI is InChI=1S/C15H19NO5/c1-20-11-5-3-10(4-6-11)7-16-8-12(14(17)18)13(9-16)15(19)21-2/h3-6,12-13H,7-9H2,1-2H3,(H,17,18)/p-1/t12-,13+/m1/s1. The molecule has 2 atom stereocenters. The summed E-state index contributed by atoms with van der Waals surface area (Å²) in [6, 6.07) is 7.52. The molecule has 6 nitrogen and oxygen atoms in total. The normalized spacial score (nSPS) is 22.0. The van der Waals surface area contributed by atoms with Crippen LogP contribution in [0.4, 0.5) is 0 Å². The van der Waals surface area contributed by atoms with Gasteiger partial charge in [-0.15, -0.1) is 0 Å². The average Bonchev–Trinajstić information content (AvgIpc) is 2.91. The molecule has 0 N–H and O–H groups in total. The van der Waals surface area contributed by atoms with Crippen LogP contribution in [-0.2, 0) is 20.9 Å². The second-order valence-electron chi connectivity index (χ2n) is 5.10. The molecule has 0 aromatic heterocycles. The van der Waals surface area contributed by atoms with E-state index < -0.39 is 23.8 Å². The Labute approximate surface area is 123 Å². The summed E-state index contributed by atoms with van der Waals surface area (Å²) < 4.78 is 9.76. The number of nitrogens with zero attached hydrogens (tertiary/aromatic N) is 1. The van der Waals surface area contributed by atoms with Crippen LogP contribution in [0.1, 0.15) is 5.56 Å². The second kappa shape index (κ2) is 6.58. The van der Waals surface area contributed by atoms with Crippen LogP contribution in [0.3, 0.4) is 0 Å². The number of rotatable bonds is 5. The second-order valence-corrected chi connectivity index (χ2v) is 5.10. The van der Waals surface area contributed by atoms with E-state index in [2.05, 4.69) is 4.74 Å². The van der Waals surface area contributed by atoms with Gasteiger partial charge in [-0.1, -0.05) is 12.1 Å². The van der Waals surface area contributed by atoms with Crippen LogP contribution < -0.4 is 9.84 Å². The average molecular weight is 292 g/mol.